The maximum atomic E-state index is 11.5. The van der Waals surface area contributed by atoms with Crippen molar-refractivity contribution in [3.8, 4) is 0 Å². The van der Waals surface area contributed by atoms with Crippen LogP contribution in [0.3, 0.4) is 0 Å². The Hall–Kier alpha value is -1.06. The highest BCUT2D eigenvalue weighted by atomic mass is 16.4. The third-order valence-corrected chi connectivity index (χ3v) is 3.24. The van der Waals surface area contributed by atoms with Crippen molar-refractivity contribution in [3.63, 3.8) is 0 Å². The quantitative estimate of drug-likeness (QED) is 0.694. The third-order valence-electron chi connectivity index (χ3n) is 3.24. The molecule has 0 bridgehead atoms. The SMILES string of the molecule is CC(C(=O)O)C(=O)NC(C)C1CCCC1. The lowest BCUT2D eigenvalue weighted by Crippen LogP contribution is -2.42. The summed E-state index contributed by atoms with van der Waals surface area (Å²) in [4.78, 5) is 22.0. The summed E-state index contributed by atoms with van der Waals surface area (Å²) < 4.78 is 0. The number of hydrogen-bond donors (Lipinski definition) is 2. The van der Waals surface area contributed by atoms with Gasteiger partial charge in [-0.05, 0) is 32.6 Å². The first kappa shape index (κ1) is 12.0. The molecule has 86 valence electrons. The summed E-state index contributed by atoms with van der Waals surface area (Å²) in [6.45, 7) is 3.38. The minimum absolute atomic E-state index is 0.0989. The van der Waals surface area contributed by atoms with Crippen LogP contribution in [0.1, 0.15) is 39.5 Å². The van der Waals surface area contributed by atoms with Crippen molar-refractivity contribution in [2.75, 3.05) is 0 Å². The number of carboxylic acid groups (broad SMARTS) is 1. The molecule has 0 aromatic carbocycles. The molecule has 1 aliphatic rings. The fraction of sp³-hybridized carbons (Fsp3) is 0.818. The lowest BCUT2D eigenvalue weighted by molar-refractivity contribution is -0.146. The van der Waals surface area contributed by atoms with Crippen molar-refractivity contribution in [1.29, 1.82) is 0 Å². The van der Waals surface area contributed by atoms with Crippen molar-refractivity contribution in [2.24, 2.45) is 11.8 Å². The van der Waals surface area contributed by atoms with E-state index in [0.717, 1.165) is 12.8 Å². The van der Waals surface area contributed by atoms with Gasteiger partial charge in [-0.1, -0.05) is 12.8 Å². The van der Waals surface area contributed by atoms with E-state index in [0.29, 0.717) is 5.92 Å². The molecule has 2 atom stereocenters. The fourth-order valence-electron chi connectivity index (χ4n) is 2.04. The second-order valence-corrected chi connectivity index (χ2v) is 4.40. The van der Waals surface area contributed by atoms with E-state index in [1.807, 2.05) is 6.92 Å². The summed E-state index contributed by atoms with van der Waals surface area (Å²) in [6, 6.07) is 0.0989. The molecule has 4 nitrogen and oxygen atoms in total. The molecule has 1 amide bonds. The first-order chi connectivity index (χ1) is 7.02. The van der Waals surface area contributed by atoms with Gasteiger partial charge in [-0.2, -0.15) is 0 Å². The van der Waals surface area contributed by atoms with Crippen molar-refractivity contribution in [3.05, 3.63) is 0 Å². The van der Waals surface area contributed by atoms with Crippen LogP contribution in [0.5, 0.6) is 0 Å². The van der Waals surface area contributed by atoms with E-state index < -0.39 is 11.9 Å². The highest BCUT2D eigenvalue weighted by Gasteiger charge is 2.26. The molecule has 1 fully saturated rings. The number of nitrogens with one attached hydrogen (secondary N) is 1. The smallest absolute Gasteiger partial charge is 0.315 e. The van der Waals surface area contributed by atoms with Gasteiger partial charge in [-0.25, -0.2) is 0 Å². The molecule has 0 aliphatic heterocycles. The van der Waals surface area contributed by atoms with Crippen LogP contribution >= 0.6 is 0 Å². The minimum Gasteiger partial charge on any atom is -0.481 e. The summed E-state index contributed by atoms with van der Waals surface area (Å²) in [6.07, 6.45) is 4.73. The molecular weight excluding hydrogens is 194 g/mol. The van der Waals surface area contributed by atoms with Gasteiger partial charge < -0.3 is 10.4 Å². The van der Waals surface area contributed by atoms with Crippen LogP contribution in [0.15, 0.2) is 0 Å². The zero-order chi connectivity index (χ0) is 11.4. The zero-order valence-electron chi connectivity index (χ0n) is 9.32. The molecule has 1 saturated carbocycles. The van der Waals surface area contributed by atoms with E-state index in [2.05, 4.69) is 5.32 Å². The molecule has 2 unspecified atom stereocenters. The van der Waals surface area contributed by atoms with Crippen molar-refractivity contribution in [2.45, 2.75) is 45.6 Å². The molecule has 0 heterocycles. The van der Waals surface area contributed by atoms with Gasteiger partial charge in [0.15, 0.2) is 0 Å². The van der Waals surface area contributed by atoms with E-state index >= 15 is 0 Å². The predicted octanol–water partition coefficient (Wildman–Crippen LogP) is 1.40. The van der Waals surface area contributed by atoms with Crippen LogP contribution in [0, 0.1) is 11.8 Å². The largest absolute Gasteiger partial charge is 0.481 e. The molecular formula is C11H19NO3. The molecule has 4 heteroatoms. The topological polar surface area (TPSA) is 66.4 Å². The van der Waals surface area contributed by atoms with E-state index in [1.54, 1.807) is 0 Å². The summed E-state index contributed by atoms with van der Waals surface area (Å²) in [7, 11) is 0. The third kappa shape index (κ3) is 3.22. The molecule has 0 aromatic heterocycles. The Morgan fingerprint density at radius 3 is 2.27 bits per heavy atom. The molecule has 0 spiro atoms. The molecule has 0 saturated heterocycles. The summed E-state index contributed by atoms with van der Waals surface area (Å²) >= 11 is 0. The number of rotatable bonds is 4. The Balaban J connectivity index is 2.39. The number of aliphatic carboxylic acids is 1. The highest BCUT2D eigenvalue weighted by Crippen LogP contribution is 2.27. The lowest BCUT2D eigenvalue weighted by Gasteiger charge is -2.21. The monoisotopic (exact) mass is 213 g/mol. The van der Waals surface area contributed by atoms with Crippen LogP contribution in [-0.4, -0.2) is 23.0 Å². The number of carbonyl (C=O) groups excluding carboxylic acids is 1. The van der Waals surface area contributed by atoms with Crippen LogP contribution in [-0.2, 0) is 9.59 Å². The van der Waals surface area contributed by atoms with E-state index in [1.165, 1.54) is 19.8 Å². The van der Waals surface area contributed by atoms with E-state index in [4.69, 9.17) is 5.11 Å². The molecule has 1 rings (SSSR count). The van der Waals surface area contributed by atoms with Crippen LogP contribution in [0.25, 0.3) is 0 Å². The normalized spacial score (nSPS) is 20.9. The fourth-order valence-corrected chi connectivity index (χ4v) is 2.04. The van der Waals surface area contributed by atoms with Gasteiger partial charge in [0.2, 0.25) is 5.91 Å². The lowest BCUT2D eigenvalue weighted by atomic mass is 9.99. The Labute approximate surface area is 90.0 Å². The predicted molar refractivity (Wildman–Crippen MR) is 56.4 cm³/mol. The first-order valence-corrected chi connectivity index (χ1v) is 5.55. The van der Waals surface area contributed by atoms with Crippen molar-refractivity contribution < 1.29 is 14.7 Å². The molecule has 15 heavy (non-hydrogen) atoms. The van der Waals surface area contributed by atoms with E-state index in [9.17, 15) is 9.59 Å². The summed E-state index contributed by atoms with van der Waals surface area (Å²) in [5.41, 5.74) is 0. The van der Waals surface area contributed by atoms with Crippen LogP contribution in [0.2, 0.25) is 0 Å². The van der Waals surface area contributed by atoms with Crippen LogP contribution in [0.4, 0.5) is 0 Å². The van der Waals surface area contributed by atoms with Gasteiger partial charge in [0, 0.05) is 6.04 Å². The van der Waals surface area contributed by atoms with Crippen LogP contribution < -0.4 is 5.32 Å². The average molecular weight is 213 g/mol. The molecule has 2 N–H and O–H groups in total. The Bertz CT molecular complexity index is 246. The van der Waals surface area contributed by atoms with Gasteiger partial charge in [-0.3, -0.25) is 9.59 Å². The van der Waals surface area contributed by atoms with Gasteiger partial charge in [0.1, 0.15) is 5.92 Å². The van der Waals surface area contributed by atoms with Gasteiger partial charge in [0.05, 0.1) is 0 Å². The standard InChI is InChI=1S/C11H19NO3/c1-7(11(14)15)10(13)12-8(2)9-5-3-4-6-9/h7-9H,3-6H2,1-2H3,(H,12,13)(H,14,15). The Morgan fingerprint density at radius 2 is 1.80 bits per heavy atom. The number of carboxylic acids is 1. The van der Waals surface area contributed by atoms with E-state index in [-0.39, 0.29) is 11.9 Å². The maximum Gasteiger partial charge on any atom is 0.315 e. The Morgan fingerprint density at radius 1 is 1.27 bits per heavy atom. The minimum atomic E-state index is -1.06. The second-order valence-electron chi connectivity index (χ2n) is 4.40. The van der Waals surface area contributed by atoms with Crippen molar-refractivity contribution in [1.82, 2.24) is 5.32 Å². The highest BCUT2D eigenvalue weighted by molar-refractivity contribution is 5.96. The van der Waals surface area contributed by atoms with Crippen molar-refractivity contribution >= 4 is 11.9 Å². The first-order valence-electron chi connectivity index (χ1n) is 5.55. The Kier molecular flexibility index (Phi) is 4.12. The molecule has 0 radical (unpaired) electrons. The maximum absolute atomic E-state index is 11.5. The number of carbonyl (C=O) groups is 2. The summed E-state index contributed by atoms with van der Waals surface area (Å²) in [5.74, 6) is -1.86. The molecule has 1 aliphatic carbocycles. The molecule has 0 aromatic rings. The number of amides is 1. The number of hydrogen-bond acceptors (Lipinski definition) is 2. The zero-order valence-corrected chi connectivity index (χ0v) is 9.32. The van der Waals surface area contributed by atoms with Gasteiger partial charge >= 0.3 is 5.97 Å². The van der Waals surface area contributed by atoms with Gasteiger partial charge in [0.25, 0.3) is 0 Å². The average Bonchev–Trinajstić information content (AvgIpc) is 2.68. The second kappa shape index (κ2) is 5.14. The van der Waals surface area contributed by atoms with Gasteiger partial charge in [-0.15, -0.1) is 0 Å². The summed E-state index contributed by atoms with van der Waals surface area (Å²) in [5, 5.41) is 11.5.